The molecule has 0 saturated heterocycles. The molecule has 1 aromatic rings. The number of rotatable bonds is 6. The van der Waals surface area contributed by atoms with Crippen LogP contribution in [0.4, 0.5) is 0 Å². The number of ether oxygens (including phenoxy) is 1. The number of carbonyl (C=O) groups excluding carboxylic acids is 1. The third kappa shape index (κ3) is 8.63. The van der Waals surface area contributed by atoms with Gasteiger partial charge >= 0.3 is 0 Å². The Balaban J connectivity index is 0.00000484. The number of likely N-dealkylation sites (N-methyl/N-ethyl adjacent to an activating group) is 1. The van der Waals surface area contributed by atoms with Crippen molar-refractivity contribution in [3.8, 4) is 5.75 Å². The molecule has 0 aliphatic rings. The average molecular weight is 434 g/mol. The second-order valence-corrected chi connectivity index (χ2v) is 5.45. The van der Waals surface area contributed by atoms with Crippen LogP contribution in [-0.2, 0) is 11.3 Å². The summed E-state index contributed by atoms with van der Waals surface area (Å²) in [6.07, 6.45) is 0. The van der Waals surface area contributed by atoms with Crippen LogP contribution in [0.25, 0.3) is 0 Å². The van der Waals surface area contributed by atoms with E-state index >= 15 is 0 Å². The van der Waals surface area contributed by atoms with E-state index in [0.29, 0.717) is 18.3 Å². The van der Waals surface area contributed by atoms with E-state index in [1.807, 2.05) is 24.3 Å². The van der Waals surface area contributed by atoms with Gasteiger partial charge in [-0.1, -0.05) is 12.1 Å². The van der Waals surface area contributed by atoms with Crippen molar-refractivity contribution in [2.24, 2.45) is 4.99 Å². The van der Waals surface area contributed by atoms with E-state index in [-0.39, 0.29) is 36.5 Å². The zero-order valence-electron chi connectivity index (χ0n) is 14.4. The van der Waals surface area contributed by atoms with Crippen molar-refractivity contribution in [3.05, 3.63) is 29.8 Å². The Morgan fingerprint density at radius 1 is 1.35 bits per heavy atom. The summed E-state index contributed by atoms with van der Waals surface area (Å²) >= 11 is 0. The zero-order chi connectivity index (χ0) is 16.5. The van der Waals surface area contributed by atoms with Crippen molar-refractivity contribution in [2.75, 3.05) is 27.7 Å². The minimum absolute atomic E-state index is 0. The molecule has 2 N–H and O–H groups in total. The van der Waals surface area contributed by atoms with Gasteiger partial charge in [0, 0.05) is 33.7 Å². The molecule has 1 rings (SSSR count). The highest BCUT2D eigenvalue weighted by molar-refractivity contribution is 14.0. The monoisotopic (exact) mass is 434 g/mol. The SMILES string of the molecule is CN=C(NCc1cccc(OCC(=O)N(C)C)c1)NC(C)C.I. The fourth-order valence-corrected chi connectivity index (χ4v) is 1.67. The van der Waals surface area contributed by atoms with Crippen molar-refractivity contribution < 1.29 is 9.53 Å². The molecular formula is C16H27IN4O2. The summed E-state index contributed by atoms with van der Waals surface area (Å²) in [5.74, 6) is 1.37. The van der Waals surface area contributed by atoms with Crippen molar-refractivity contribution in [1.29, 1.82) is 0 Å². The van der Waals surface area contributed by atoms with Gasteiger partial charge in [-0.05, 0) is 31.5 Å². The summed E-state index contributed by atoms with van der Waals surface area (Å²) in [4.78, 5) is 17.2. The summed E-state index contributed by atoms with van der Waals surface area (Å²) in [7, 11) is 5.16. The van der Waals surface area contributed by atoms with Gasteiger partial charge in [0.15, 0.2) is 12.6 Å². The second kappa shape index (κ2) is 11.1. The van der Waals surface area contributed by atoms with Gasteiger partial charge in [-0.3, -0.25) is 9.79 Å². The minimum atomic E-state index is -0.0648. The molecule has 130 valence electrons. The highest BCUT2D eigenvalue weighted by atomic mass is 127. The van der Waals surface area contributed by atoms with Gasteiger partial charge in [-0.2, -0.15) is 0 Å². The molecule has 0 unspecified atom stereocenters. The number of hydrogen-bond acceptors (Lipinski definition) is 3. The van der Waals surface area contributed by atoms with Crippen molar-refractivity contribution in [2.45, 2.75) is 26.4 Å². The molecule has 0 bridgehead atoms. The van der Waals surface area contributed by atoms with E-state index in [4.69, 9.17) is 4.74 Å². The second-order valence-electron chi connectivity index (χ2n) is 5.45. The third-order valence-electron chi connectivity index (χ3n) is 2.87. The molecular weight excluding hydrogens is 407 g/mol. The van der Waals surface area contributed by atoms with E-state index in [1.165, 1.54) is 4.90 Å². The van der Waals surface area contributed by atoms with Crippen LogP contribution in [0.5, 0.6) is 5.75 Å². The highest BCUT2D eigenvalue weighted by Crippen LogP contribution is 2.13. The average Bonchev–Trinajstić information content (AvgIpc) is 2.48. The first-order valence-electron chi connectivity index (χ1n) is 7.31. The van der Waals surface area contributed by atoms with Crippen LogP contribution < -0.4 is 15.4 Å². The molecule has 6 nitrogen and oxygen atoms in total. The largest absolute Gasteiger partial charge is 0.484 e. The lowest BCUT2D eigenvalue weighted by molar-refractivity contribution is -0.130. The lowest BCUT2D eigenvalue weighted by Crippen LogP contribution is -2.40. The number of nitrogens with zero attached hydrogens (tertiary/aromatic N) is 2. The Morgan fingerprint density at radius 2 is 2.04 bits per heavy atom. The van der Waals surface area contributed by atoms with E-state index in [1.54, 1.807) is 21.1 Å². The van der Waals surface area contributed by atoms with Crippen LogP contribution >= 0.6 is 24.0 Å². The Morgan fingerprint density at radius 3 is 2.61 bits per heavy atom. The molecule has 1 amide bonds. The van der Waals surface area contributed by atoms with Crippen molar-refractivity contribution in [1.82, 2.24) is 15.5 Å². The predicted octanol–water partition coefficient (Wildman–Crippen LogP) is 1.84. The van der Waals surface area contributed by atoms with Gasteiger partial charge in [-0.15, -0.1) is 24.0 Å². The maximum absolute atomic E-state index is 11.5. The van der Waals surface area contributed by atoms with Gasteiger partial charge in [-0.25, -0.2) is 0 Å². The van der Waals surface area contributed by atoms with Crippen LogP contribution in [0.15, 0.2) is 29.3 Å². The number of carbonyl (C=O) groups is 1. The summed E-state index contributed by atoms with van der Waals surface area (Å²) in [5, 5.41) is 6.46. The van der Waals surface area contributed by atoms with Crippen LogP contribution in [0.1, 0.15) is 19.4 Å². The number of halogens is 1. The molecule has 23 heavy (non-hydrogen) atoms. The summed E-state index contributed by atoms with van der Waals surface area (Å²) < 4.78 is 5.50. The molecule has 0 fully saturated rings. The number of guanidine groups is 1. The molecule has 0 atom stereocenters. The molecule has 0 aliphatic carbocycles. The number of amides is 1. The molecule has 0 heterocycles. The molecule has 0 spiro atoms. The summed E-state index contributed by atoms with van der Waals surface area (Å²) in [6, 6.07) is 7.98. The standard InChI is InChI=1S/C16H26N4O2.HI/c1-12(2)19-16(17-3)18-10-13-7-6-8-14(9-13)22-11-15(21)20(4)5;/h6-9,12H,10-11H2,1-5H3,(H2,17,18,19);1H. The van der Waals surface area contributed by atoms with Gasteiger partial charge in [0.05, 0.1) is 0 Å². The normalized spacial score (nSPS) is 10.8. The molecule has 0 radical (unpaired) electrons. The topological polar surface area (TPSA) is 66.0 Å². The zero-order valence-corrected chi connectivity index (χ0v) is 16.8. The maximum Gasteiger partial charge on any atom is 0.259 e. The van der Waals surface area contributed by atoms with E-state index in [0.717, 1.165) is 11.5 Å². The van der Waals surface area contributed by atoms with Gasteiger partial charge in [0.2, 0.25) is 0 Å². The first-order valence-corrected chi connectivity index (χ1v) is 7.31. The highest BCUT2D eigenvalue weighted by Gasteiger charge is 2.06. The quantitative estimate of drug-likeness (QED) is 0.408. The van der Waals surface area contributed by atoms with Crippen LogP contribution in [0.2, 0.25) is 0 Å². The fraction of sp³-hybridized carbons (Fsp3) is 0.500. The smallest absolute Gasteiger partial charge is 0.259 e. The molecule has 0 saturated carbocycles. The Hall–Kier alpha value is -1.51. The number of benzene rings is 1. The molecule has 0 aromatic heterocycles. The van der Waals surface area contributed by atoms with Gasteiger partial charge in [0.1, 0.15) is 5.75 Å². The Labute approximate surface area is 155 Å². The predicted molar refractivity (Wildman–Crippen MR) is 105 cm³/mol. The number of aliphatic imine (C=N–C) groups is 1. The van der Waals surface area contributed by atoms with E-state index in [2.05, 4.69) is 29.5 Å². The first kappa shape index (κ1) is 21.5. The molecule has 1 aromatic carbocycles. The summed E-state index contributed by atoms with van der Waals surface area (Å²) in [6.45, 7) is 4.79. The molecule has 7 heteroatoms. The van der Waals surface area contributed by atoms with Crippen molar-refractivity contribution in [3.63, 3.8) is 0 Å². The number of nitrogens with one attached hydrogen (secondary N) is 2. The van der Waals surface area contributed by atoms with Gasteiger partial charge in [0.25, 0.3) is 5.91 Å². The fourth-order valence-electron chi connectivity index (χ4n) is 1.67. The van der Waals surface area contributed by atoms with Crippen LogP contribution in [0.3, 0.4) is 0 Å². The molecule has 0 aliphatic heterocycles. The maximum atomic E-state index is 11.5. The Bertz CT molecular complexity index is 519. The van der Waals surface area contributed by atoms with Crippen LogP contribution in [-0.4, -0.2) is 50.6 Å². The third-order valence-corrected chi connectivity index (χ3v) is 2.87. The first-order chi connectivity index (χ1) is 10.4. The van der Waals surface area contributed by atoms with E-state index in [9.17, 15) is 4.79 Å². The van der Waals surface area contributed by atoms with Gasteiger partial charge < -0.3 is 20.3 Å². The lowest BCUT2D eigenvalue weighted by atomic mass is 10.2. The van der Waals surface area contributed by atoms with E-state index < -0.39 is 0 Å². The lowest BCUT2D eigenvalue weighted by Gasteiger charge is -2.15. The Kier molecular flexibility index (Phi) is 10.4. The summed E-state index contributed by atoms with van der Waals surface area (Å²) in [5.41, 5.74) is 1.06. The van der Waals surface area contributed by atoms with Crippen molar-refractivity contribution >= 4 is 35.8 Å². The van der Waals surface area contributed by atoms with Crippen LogP contribution in [0, 0.1) is 0 Å². The number of hydrogen-bond donors (Lipinski definition) is 2. The minimum Gasteiger partial charge on any atom is -0.484 e.